The number of rotatable bonds is 8. The van der Waals surface area contributed by atoms with E-state index in [9.17, 15) is 24.6 Å². The first-order valence-corrected chi connectivity index (χ1v) is 9.41. The van der Waals surface area contributed by atoms with Crippen LogP contribution in [0.1, 0.15) is 22.6 Å². The van der Waals surface area contributed by atoms with Gasteiger partial charge in [0.15, 0.2) is 5.01 Å². The lowest BCUT2D eigenvalue weighted by atomic mass is 9.95. The monoisotopic (exact) mass is 404 g/mol. The summed E-state index contributed by atoms with van der Waals surface area (Å²) in [5.41, 5.74) is 0.664. The number of benzene rings is 1. The highest BCUT2D eigenvalue weighted by molar-refractivity contribution is 7.20. The average Bonchev–Trinajstić information content (AvgIpc) is 3.18. The molecular weight excluding hydrogens is 384 g/mol. The highest BCUT2D eigenvalue weighted by Crippen LogP contribution is 2.28. The van der Waals surface area contributed by atoms with Crippen LogP contribution in [-0.2, 0) is 9.59 Å². The number of carbonyl (C=O) groups excluding carboxylic acids is 3. The largest absolute Gasteiger partial charge is 0.383 e. The van der Waals surface area contributed by atoms with Gasteiger partial charge in [0.2, 0.25) is 23.5 Å². The standard InChI is InChI=1S/C18H20N4O5S/c1-2-19-9-14(23)20-12(7-10-8-18(26,27)22-16(10)25)15(24)17-21-11-5-3-4-6-13(11)28-17/h2-6,10,12,19,26-27H,1,7-9H2,(H,20,23)(H,22,25)/t10-,12?/m0/s1. The van der Waals surface area contributed by atoms with E-state index in [4.69, 9.17) is 0 Å². The predicted molar refractivity (Wildman–Crippen MR) is 102 cm³/mol. The number of Topliss-reactive ketones (excluding diaryl/α,β-unsaturated/α-hetero) is 1. The van der Waals surface area contributed by atoms with Crippen molar-refractivity contribution in [2.75, 3.05) is 6.54 Å². The zero-order valence-corrected chi connectivity index (χ0v) is 15.7. The summed E-state index contributed by atoms with van der Waals surface area (Å²) in [5, 5.41) is 26.7. The van der Waals surface area contributed by atoms with Gasteiger partial charge in [-0.25, -0.2) is 4.98 Å². The van der Waals surface area contributed by atoms with Gasteiger partial charge in [0.25, 0.3) is 0 Å². The van der Waals surface area contributed by atoms with Crippen LogP contribution < -0.4 is 16.0 Å². The molecule has 1 fully saturated rings. The third kappa shape index (κ3) is 4.53. The fourth-order valence-corrected chi connectivity index (χ4v) is 3.99. The van der Waals surface area contributed by atoms with E-state index >= 15 is 0 Å². The van der Waals surface area contributed by atoms with Crippen LogP contribution in [0.3, 0.4) is 0 Å². The normalized spacial score (nSPS) is 19.1. The third-order valence-corrected chi connectivity index (χ3v) is 5.36. The summed E-state index contributed by atoms with van der Waals surface area (Å²) in [6.07, 6.45) is 0.986. The molecule has 0 bridgehead atoms. The molecule has 9 nitrogen and oxygen atoms in total. The molecule has 2 atom stereocenters. The predicted octanol–water partition coefficient (Wildman–Crippen LogP) is -0.139. The Kier molecular flexibility index (Phi) is 5.73. The number of carbonyl (C=O) groups is 3. The zero-order valence-electron chi connectivity index (χ0n) is 14.8. The lowest BCUT2D eigenvalue weighted by molar-refractivity contribution is -0.175. The second-order valence-electron chi connectivity index (χ2n) is 6.50. The molecule has 1 aromatic carbocycles. The molecule has 1 aliphatic rings. The Morgan fingerprint density at radius 3 is 2.82 bits per heavy atom. The van der Waals surface area contributed by atoms with Gasteiger partial charge in [-0.2, -0.15) is 0 Å². The van der Waals surface area contributed by atoms with Gasteiger partial charge in [0.05, 0.1) is 22.8 Å². The number of fused-ring (bicyclic) bond motifs is 1. The van der Waals surface area contributed by atoms with Crippen molar-refractivity contribution in [3.8, 4) is 0 Å². The maximum absolute atomic E-state index is 13.0. The summed E-state index contributed by atoms with van der Waals surface area (Å²) in [7, 11) is 0. The summed E-state index contributed by atoms with van der Waals surface area (Å²) >= 11 is 1.19. The lowest BCUT2D eigenvalue weighted by Gasteiger charge is -2.19. The van der Waals surface area contributed by atoms with Crippen LogP contribution in [0, 0.1) is 5.92 Å². The van der Waals surface area contributed by atoms with Gasteiger partial charge in [0.1, 0.15) is 0 Å². The first-order chi connectivity index (χ1) is 13.3. The highest BCUT2D eigenvalue weighted by atomic mass is 32.1. The van der Waals surface area contributed by atoms with Crippen LogP contribution in [0.4, 0.5) is 0 Å². The molecule has 0 spiro atoms. The molecule has 1 aliphatic heterocycles. The minimum Gasteiger partial charge on any atom is -0.383 e. The Labute approximate surface area is 164 Å². The number of nitrogens with zero attached hydrogens (tertiary/aromatic N) is 1. The smallest absolute Gasteiger partial charge is 0.247 e. The molecule has 2 heterocycles. The number of aromatic nitrogens is 1. The van der Waals surface area contributed by atoms with E-state index < -0.39 is 35.5 Å². The number of nitrogens with one attached hydrogen (secondary N) is 3. The van der Waals surface area contributed by atoms with Crippen LogP contribution in [-0.4, -0.2) is 51.3 Å². The lowest BCUT2D eigenvalue weighted by Crippen LogP contribution is -2.45. The van der Waals surface area contributed by atoms with Crippen molar-refractivity contribution in [2.45, 2.75) is 24.8 Å². The minimum absolute atomic E-state index is 0.0801. The van der Waals surface area contributed by atoms with E-state index in [1.54, 1.807) is 6.07 Å². The van der Waals surface area contributed by atoms with Gasteiger partial charge in [0, 0.05) is 12.3 Å². The van der Waals surface area contributed by atoms with Gasteiger partial charge < -0.3 is 26.2 Å². The topological polar surface area (TPSA) is 141 Å². The molecule has 2 aromatic rings. The van der Waals surface area contributed by atoms with Gasteiger partial charge >= 0.3 is 0 Å². The number of hydrogen-bond donors (Lipinski definition) is 5. The average molecular weight is 404 g/mol. The Bertz CT molecular complexity index is 893. The van der Waals surface area contributed by atoms with Crippen LogP contribution in [0.25, 0.3) is 10.2 Å². The highest BCUT2D eigenvalue weighted by Gasteiger charge is 2.43. The SMILES string of the molecule is C=CNCC(=O)NC(C[C@H]1CC(O)(O)NC1=O)C(=O)c1nc2ccccc2s1. The van der Waals surface area contributed by atoms with Crippen molar-refractivity contribution in [1.82, 2.24) is 20.9 Å². The molecule has 0 radical (unpaired) electrons. The summed E-state index contributed by atoms with van der Waals surface area (Å²) in [5.74, 6) is -4.65. The molecule has 1 unspecified atom stereocenters. The van der Waals surface area contributed by atoms with Crippen LogP contribution in [0.15, 0.2) is 37.0 Å². The van der Waals surface area contributed by atoms with Gasteiger partial charge in [-0.3, -0.25) is 14.4 Å². The summed E-state index contributed by atoms with van der Waals surface area (Å²) < 4.78 is 0.826. The molecule has 148 valence electrons. The minimum atomic E-state index is -2.32. The van der Waals surface area contributed by atoms with Crippen molar-refractivity contribution < 1.29 is 24.6 Å². The van der Waals surface area contributed by atoms with Crippen molar-refractivity contribution in [2.24, 2.45) is 5.92 Å². The van der Waals surface area contributed by atoms with Gasteiger partial charge in [-0.1, -0.05) is 18.7 Å². The number of aliphatic hydroxyl groups is 2. The molecule has 28 heavy (non-hydrogen) atoms. The van der Waals surface area contributed by atoms with Crippen LogP contribution >= 0.6 is 11.3 Å². The summed E-state index contributed by atoms with van der Waals surface area (Å²) in [6, 6.07) is 6.22. The van der Waals surface area contributed by atoms with Crippen LogP contribution in [0.5, 0.6) is 0 Å². The van der Waals surface area contributed by atoms with E-state index in [2.05, 4.69) is 22.2 Å². The number of hydrogen-bond acceptors (Lipinski definition) is 8. The molecule has 0 aliphatic carbocycles. The van der Waals surface area contributed by atoms with E-state index in [-0.39, 0.29) is 24.4 Å². The Hall–Kier alpha value is -2.82. The fraction of sp³-hybridized carbons (Fsp3) is 0.333. The maximum atomic E-state index is 13.0. The van der Waals surface area contributed by atoms with Crippen molar-refractivity contribution in [3.05, 3.63) is 42.1 Å². The van der Waals surface area contributed by atoms with Crippen molar-refractivity contribution in [1.29, 1.82) is 0 Å². The van der Waals surface area contributed by atoms with Gasteiger partial charge in [-0.15, -0.1) is 11.3 Å². The maximum Gasteiger partial charge on any atom is 0.247 e. The second-order valence-corrected chi connectivity index (χ2v) is 7.53. The molecule has 3 rings (SSSR count). The van der Waals surface area contributed by atoms with Crippen LogP contribution in [0.2, 0.25) is 0 Å². The molecule has 5 N–H and O–H groups in total. The zero-order chi connectivity index (χ0) is 20.3. The Balaban J connectivity index is 1.82. The molecule has 10 heteroatoms. The quantitative estimate of drug-likeness (QED) is 0.305. The van der Waals surface area contributed by atoms with E-state index in [0.717, 1.165) is 4.70 Å². The molecule has 0 saturated carbocycles. The Morgan fingerprint density at radius 1 is 1.43 bits per heavy atom. The number of amides is 2. The van der Waals surface area contributed by atoms with Crippen molar-refractivity contribution in [3.63, 3.8) is 0 Å². The molecule has 1 saturated heterocycles. The number of thiazole rings is 1. The molecular formula is C18H20N4O5S. The van der Waals surface area contributed by atoms with E-state index in [1.165, 1.54) is 17.5 Å². The van der Waals surface area contributed by atoms with Crippen molar-refractivity contribution >= 4 is 39.2 Å². The fourth-order valence-electron chi connectivity index (χ4n) is 3.03. The van der Waals surface area contributed by atoms with E-state index in [1.807, 2.05) is 23.5 Å². The van der Waals surface area contributed by atoms with Gasteiger partial charge in [-0.05, 0) is 24.8 Å². The number of ketones is 1. The summed E-state index contributed by atoms with van der Waals surface area (Å²) in [6.45, 7) is 3.36. The third-order valence-electron chi connectivity index (χ3n) is 4.31. The van der Waals surface area contributed by atoms with E-state index in [0.29, 0.717) is 5.52 Å². The molecule has 1 aromatic heterocycles. The Morgan fingerprint density at radius 2 is 2.18 bits per heavy atom. The first-order valence-electron chi connectivity index (χ1n) is 8.59. The second kappa shape index (κ2) is 8.05. The summed E-state index contributed by atoms with van der Waals surface area (Å²) in [4.78, 5) is 41.4. The first kappa shape index (κ1) is 19.9. The number of para-hydroxylation sites is 1. The molecule has 2 amide bonds.